The van der Waals surface area contributed by atoms with Crippen molar-refractivity contribution < 1.29 is 0 Å². The molecular formula is C6H11N5. The Morgan fingerprint density at radius 1 is 1.18 bits per heavy atom. The summed E-state index contributed by atoms with van der Waals surface area (Å²) in [4.78, 5) is 1.16. The van der Waals surface area contributed by atoms with Crippen LogP contribution in [0.2, 0.25) is 0 Å². The first-order valence-corrected chi connectivity index (χ1v) is 3.77. The lowest BCUT2D eigenvalue weighted by Gasteiger charge is -1.94. The van der Waals surface area contributed by atoms with Gasteiger partial charge < -0.3 is 11.2 Å². The highest BCUT2D eigenvalue weighted by atomic mass is 15.6. The Hall–Kier alpha value is -1.10. The third kappa shape index (κ3) is 1.19. The van der Waals surface area contributed by atoms with Gasteiger partial charge in [0, 0.05) is 25.9 Å². The maximum absolute atomic E-state index is 5.38. The molecule has 11 heavy (non-hydrogen) atoms. The Morgan fingerprint density at radius 3 is 2.27 bits per heavy atom. The number of hydrogen-bond acceptors (Lipinski definition) is 4. The lowest BCUT2D eigenvalue weighted by molar-refractivity contribution is 0.648. The van der Waals surface area contributed by atoms with Crippen molar-refractivity contribution in [3.05, 3.63) is 11.4 Å². The molecule has 0 aromatic carbocycles. The van der Waals surface area contributed by atoms with Gasteiger partial charge >= 0.3 is 0 Å². The zero-order valence-electron chi connectivity index (χ0n) is 6.25. The average molecular weight is 153 g/mol. The van der Waals surface area contributed by atoms with E-state index >= 15 is 0 Å². The SMILES string of the molecule is Nn1nc2c(n1)CCNCC2. The van der Waals surface area contributed by atoms with Crippen molar-refractivity contribution in [3.8, 4) is 0 Å². The van der Waals surface area contributed by atoms with Gasteiger partial charge in [0.05, 0.1) is 11.4 Å². The van der Waals surface area contributed by atoms with E-state index in [-0.39, 0.29) is 0 Å². The molecule has 0 aliphatic carbocycles. The molecule has 1 aliphatic heterocycles. The summed E-state index contributed by atoms with van der Waals surface area (Å²) < 4.78 is 0. The van der Waals surface area contributed by atoms with E-state index in [1.54, 1.807) is 0 Å². The van der Waals surface area contributed by atoms with Gasteiger partial charge in [-0.3, -0.25) is 0 Å². The zero-order chi connectivity index (χ0) is 7.68. The summed E-state index contributed by atoms with van der Waals surface area (Å²) in [6, 6.07) is 0. The predicted octanol–water partition coefficient (Wildman–Crippen LogP) is -1.32. The van der Waals surface area contributed by atoms with Gasteiger partial charge in [0.1, 0.15) is 0 Å². The summed E-state index contributed by atoms with van der Waals surface area (Å²) in [6.45, 7) is 1.96. The standard InChI is InChI=1S/C6H11N5/c7-11-9-5-1-3-8-4-2-6(5)10-11/h8H,1-4,7H2. The molecule has 0 fully saturated rings. The van der Waals surface area contributed by atoms with Crippen molar-refractivity contribution in [3.63, 3.8) is 0 Å². The second-order valence-electron chi connectivity index (χ2n) is 2.66. The fourth-order valence-electron chi connectivity index (χ4n) is 1.31. The van der Waals surface area contributed by atoms with Crippen molar-refractivity contribution in [2.45, 2.75) is 12.8 Å². The van der Waals surface area contributed by atoms with E-state index in [0.717, 1.165) is 42.2 Å². The average Bonchev–Trinajstić information content (AvgIpc) is 2.17. The number of rotatable bonds is 0. The Balaban J connectivity index is 2.32. The lowest BCUT2D eigenvalue weighted by atomic mass is 10.2. The van der Waals surface area contributed by atoms with Crippen LogP contribution in [-0.2, 0) is 12.8 Å². The van der Waals surface area contributed by atoms with Crippen molar-refractivity contribution in [2.24, 2.45) is 0 Å². The molecule has 1 aromatic rings. The number of nitrogen functional groups attached to an aromatic ring is 1. The first kappa shape index (κ1) is 6.60. The van der Waals surface area contributed by atoms with Crippen LogP contribution < -0.4 is 11.2 Å². The molecule has 3 N–H and O–H groups in total. The number of nitrogens with one attached hydrogen (secondary N) is 1. The van der Waals surface area contributed by atoms with E-state index < -0.39 is 0 Å². The van der Waals surface area contributed by atoms with Gasteiger partial charge in [-0.05, 0) is 0 Å². The largest absolute Gasteiger partial charge is 0.316 e. The number of nitrogens with two attached hydrogens (primary N) is 1. The molecule has 2 heterocycles. The van der Waals surface area contributed by atoms with Crippen LogP contribution in [-0.4, -0.2) is 28.2 Å². The maximum atomic E-state index is 5.38. The second-order valence-corrected chi connectivity index (χ2v) is 2.66. The summed E-state index contributed by atoms with van der Waals surface area (Å²) in [5.41, 5.74) is 2.08. The van der Waals surface area contributed by atoms with E-state index in [0.29, 0.717) is 0 Å². The van der Waals surface area contributed by atoms with E-state index in [1.807, 2.05) is 0 Å². The summed E-state index contributed by atoms with van der Waals surface area (Å²) >= 11 is 0. The molecule has 5 nitrogen and oxygen atoms in total. The molecule has 0 amide bonds. The molecule has 0 radical (unpaired) electrons. The van der Waals surface area contributed by atoms with Gasteiger partial charge in [-0.15, -0.1) is 10.2 Å². The van der Waals surface area contributed by atoms with Crippen molar-refractivity contribution >= 4 is 0 Å². The van der Waals surface area contributed by atoms with Gasteiger partial charge in [-0.2, -0.15) is 0 Å². The van der Waals surface area contributed by atoms with Crippen LogP contribution in [0, 0.1) is 0 Å². The minimum Gasteiger partial charge on any atom is -0.316 e. The smallest absolute Gasteiger partial charge is 0.0894 e. The topological polar surface area (TPSA) is 68.8 Å². The van der Waals surface area contributed by atoms with E-state index in [2.05, 4.69) is 15.5 Å². The first-order valence-electron chi connectivity index (χ1n) is 3.77. The van der Waals surface area contributed by atoms with E-state index in [1.165, 1.54) is 0 Å². The molecule has 0 atom stereocenters. The number of hydrogen-bond donors (Lipinski definition) is 2. The fourth-order valence-corrected chi connectivity index (χ4v) is 1.31. The molecule has 2 rings (SSSR count). The van der Waals surface area contributed by atoms with Crippen LogP contribution in [0.3, 0.4) is 0 Å². The molecule has 0 unspecified atom stereocenters. The minimum absolute atomic E-state index is 0.937. The third-order valence-corrected chi connectivity index (χ3v) is 1.86. The van der Waals surface area contributed by atoms with Crippen molar-refractivity contribution in [1.82, 2.24) is 20.4 Å². The lowest BCUT2D eigenvalue weighted by Crippen LogP contribution is -2.18. The quantitative estimate of drug-likeness (QED) is 0.454. The Kier molecular flexibility index (Phi) is 1.50. The summed E-state index contributed by atoms with van der Waals surface area (Å²) in [6.07, 6.45) is 1.87. The van der Waals surface area contributed by atoms with Crippen LogP contribution in [0.25, 0.3) is 0 Å². The van der Waals surface area contributed by atoms with Gasteiger partial charge in [-0.25, -0.2) is 0 Å². The molecule has 0 spiro atoms. The molecule has 1 aromatic heterocycles. The zero-order valence-corrected chi connectivity index (χ0v) is 6.25. The molecule has 0 bridgehead atoms. The number of aromatic nitrogens is 3. The Bertz CT molecular complexity index is 230. The number of nitrogens with zero attached hydrogens (tertiary/aromatic N) is 3. The van der Waals surface area contributed by atoms with Crippen LogP contribution in [0.5, 0.6) is 0 Å². The van der Waals surface area contributed by atoms with Gasteiger partial charge in [0.25, 0.3) is 0 Å². The molecule has 0 saturated carbocycles. The highest BCUT2D eigenvalue weighted by Gasteiger charge is 2.11. The third-order valence-electron chi connectivity index (χ3n) is 1.86. The van der Waals surface area contributed by atoms with Crippen LogP contribution >= 0.6 is 0 Å². The molecule has 5 heteroatoms. The monoisotopic (exact) mass is 153 g/mol. The van der Waals surface area contributed by atoms with Crippen molar-refractivity contribution in [1.29, 1.82) is 0 Å². The normalized spacial score (nSPS) is 17.5. The van der Waals surface area contributed by atoms with E-state index in [4.69, 9.17) is 5.84 Å². The Labute approximate surface area is 64.5 Å². The number of fused-ring (bicyclic) bond motifs is 1. The first-order chi connectivity index (χ1) is 5.36. The van der Waals surface area contributed by atoms with Crippen LogP contribution in [0.4, 0.5) is 0 Å². The summed E-state index contributed by atoms with van der Waals surface area (Å²) in [7, 11) is 0. The van der Waals surface area contributed by atoms with Gasteiger partial charge in [0.2, 0.25) is 0 Å². The van der Waals surface area contributed by atoms with Crippen molar-refractivity contribution in [2.75, 3.05) is 18.9 Å². The molecular weight excluding hydrogens is 142 g/mol. The fraction of sp³-hybridized carbons (Fsp3) is 0.667. The van der Waals surface area contributed by atoms with E-state index in [9.17, 15) is 0 Å². The maximum Gasteiger partial charge on any atom is 0.0894 e. The van der Waals surface area contributed by atoms with Gasteiger partial charge in [0.15, 0.2) is 0 Å². The minimum atomic E-state index is 0.937. The predicted molar refractivity (Wildman–Crippen MR) is 40.5 cm³/mol. The van der Waals surface area contributed by atoms with Crippen LogP contribution in [0.1, 0.15) is 11.4 Å². The highest BCUT2D eigenvalue weighted by molar-refractivity contribution is 5.11. The second kappa shape index (κ2) is 2.50. The summed E-state index contributed by atoms with van der Waals surface area (Å²) in [5.74, 6) is 5.38. The molecule has 0 saturated heterocycles. The highest BCUT2D eigenvalue weighted by Crippen LogP contribution is 2.05. The molecule has 1 aliphatic rings. The Morgan fingerprint density at radius 2 is 1.73 bits per heavy atom. The van der Waals surface area contributed by atoms with Crippen LogP contribution in [0.15, 0.2) is 0 Å². The van der Waals surface area contributed by atoms with Gasteiger partial charge in [-0.1, -0.05) is 4.91 Å². The molecule has 60 valence electrons. The summed E-state index contributed by atoms with van der Waals surface area (Å²) in [5, 5.41) is 11.4.